The van der Waals surface area contributed by atoms with E-state index in [-0.39, 0.29) is 30.7 Å². The Bertz CT molecular complexity index is 787. The molecule has 10 heteroatoms. The van der Waals surface area contributed by atoms with Crippen molar-refractivity contribution in [2.45, 2.75) is 26.7 Å². The number of hydrogen-bond donors (Lipinski definition) is 1. The lowest BCUT2D eigenvalue weighted by atomic mass is 9.96. The maximum Gasteiger partial charge on any atom is 0.445 e. The first-order chi connectivity index (χ1) is 13.3. The molecule has 4 amide bonds. The van der Waals surface area contributed by atoms with Gasteiger partial charge in [0.2, 0.25) is 5.91 Å². The fourth-order valence-corrected chi connectivity index (χ4v) is 4.01. The minimum Gasteiger partial charge on any atom is -0.465 e. The lowest BCUT2D eigenvalue weighted by Gasteiger charge is -2.28. The van der Waals surface area contributed by atoms with Crippen molar-refractivity contribution in [3.63, 3.8) is 0 Å². The van der Waals surface area contributed by atoms with E-state index in [1.807, 2.05) is 6.92 Å². The van der Waals surface area contributed by atoms with Crippen LogP contribution in [0.2, 0.25) is 0 Å². The zero-order chi connectivity index (χ0) is 20.8. The van der Waals surface area contributed by atoms with Crippen LogP contribution in [0, 0.1) is 5.92 Å². The van der Waals surface area contributed by atoms with E-state index in [1.54, 1.807) is 20.2 Å². The smallest absolute Gasteiger partial charge is 0.445 e. The normalized spacial score (nSPS) is 19.1. The van der Waals surface area contributed by atoms with Gasteiger partial charge in [-0.3, -0.25) is 14.4 Å². The Morgan fingerprint density at radius 1 is 1.36 bits per heavy atom. The lowest BCUT2D eigenvalue weighted by Crippen LogP contribution is -2.52. The molecular weight excluding hydrogens is 384 g/mol. The van der Waals surface area contributed by atoms with E-state index in [2.05, 4.69) is 10.3 Å². The van der Waals surface area contributed by atoms with Crippen molar-refractivity contribution in [1.29, 1.82) is 0 Å². The first-order valence-corrected chi connectivity index (χ1v) is 10.0. The van der Waals surface area contributed by atoms with Gasteiger partial charge in [-0.2, -0.15) is 9.48 Å². The number of ether oxygens (including phenoxy) is 1. The van der Waals surface area contributed by atoms with Crippen LogP contribution >= 0.6 is 11.8 Å². The first kappa shape index (κ1) is 21.8. The van der Waals surface area contributed by atoms with Crippen LogP contribution in [0.15, 0.2) is 15.5 Å². The molecule has 2 aliphatic rings. The second kappa shape index (κ2) is 9.63. The number of carbonyl (C=O) groups excluding carboxylic acids is 4. The zero-order valence-electron chi connectivity index (χ0n) is 16.5. The molecule has 1 unspecified atom stereocenters. The van der Waals surface area contributed by atoms with Crippen LogP contribution in [0.3, 0.4) is 0 Å². The number of aliphatic imine (C=N–C) groups is 1. The van der Waals surface area contributed by atoms with Crippen molar-refractivity contribution >= 4 is 47.6 Å². The highest BCUT2D eigenvalue weighted by atomic mass is 32.2. The van der Waals surface area contributed by atoms with E-state index in [0.717, 1.165) is 16.9 Å². The van der Waals surface area contributed by atoms with Crippen LogP contribution in [-0.4, -0.2) is 78.3 Å². The molecule has 0 saturated carbocycles. The number of esters is 1. The van der Waals surface area contributed by atoms with Crippen molar-refractivity contribution < 1.29 is 28.5 Å². The summed E-state index contributed by atoms with van der Waals surface area (Å²) in [5.74, 6) is -1.51. The van der Waals surface area contributed by atoms with Gasteiger partial charge in [0.1, 0.15) is 12.8 Å². The van der Waals surface area contributed by atoms with Gasteiger partial charge < -0.3 is 10.1 Å². The molecule has 1 atom stereocenters. The molecule has 28 heavy (non-hydrogen) atoms. The highest BCUT2D eigenvalue weighted by Gasteiger charge is 2.48. The van der Waals surface area contributed by atoms with Gasteiger partial charge >= 0.3 is 17.9 Å². The molecule has 152 valence electrons. The summed E-state index contributed by atoms with van der Waals surface area (Å²) >= 11 is 1.23. The number of thioether (sulfide) groups is 1. The molecule has 0 fully saturated rings. The second-order valence-corrected chi connectivity index (χ2v) is 7.32. The Labute approximate surface area is 167 Å². The molecule has 0 bridgehead atoms. The Hall–Kier alpha value is -2.49. The topological polar surface area (TPSA) is 108 Å². The second-order valence-electron chi connectivity index (χ2n) is 6.30. The molecule has 0 aliphatic carbocycles. The summed E-state index contributed by atoms with van der Waals surface area (Å²) in [6.45, 7) is 3.75. The average Bonchev–Trinajstić information content (AvgIpc) is 2.68. The van der Waals surface area contributed by atoms with E-state index in [9.17, 15) is 19.2 Å². The maximum absolute atomic E-state index is 12.8. The predicted molar refractivity (Wildman–Crippen MR) is 105 cm³/mol. The molecule has 2 heterocycles. The number of rotatable bonds is 8. The largest absolute Gasteiger partial charge is 0.465 e. The molecule has 2 aliphatic heterocycles. The van der Waals surface area contributed by atoms with Gasteiger partial charge in [-0.25, -0.2) is 4.79 Å². The van der Waals surface area contributed by atoms with E-state index in [4.69, 9.17) is 4.74 Å². The third kappa shape index (κ3) is 4.67. The molecule has 0 saturated heterocycles. The molecule has 2 rings (SSSR count). The summed E-state index contributed by atoms with van der Waals surface area (Å²) in [6.07, 6.45) is 3.21. The number of nitrogens with one attached hydrogen (secondary N) is 1. The summed E-state index contributed by atoms with van der Waals surface area (Å²) in [4.78, 5) is 54.6. The minimum atomic E-state index is -0.706. The monoisotopic (exact) mass is 409 g/mol. The minimum absolute atomic E-state index is 0.0359. The molecule has 1 N–H and O–H groups in total. The van der Waals surface area contributed by atoms with E-state index in [0.29, 0.717) is 17.2 Å². The maximum atomic E-state index is 12.8. The molecule has 0 radical (unpaired) electrons. The van der Waals surface area contributed by atoms with E-state index < -0.39 is 17.9 Å². The zero-order valence-corrected chi connectivity index (χ0v) is 17.3. The quantitative estimate of drug-likeness (QED) is 0.469. The molecule has 0 aromatic rings. The number of imide groups is 1. The third-order valence-corrected chi connectivity index (χ3v) is 5.51. The van der Waals surface area contributed by atoms with Gasteiger partial charge in [0.15, 0.2) is 5.92 Å². The van der Waals surface area contributed by atoms with E-state index >= 15 is 0 Å². The highest BCUT2D eigenvalue weighted by Crippen LogP contribution is 2.35. The number of amides is 4. The fourth-order valence-electron chi connectivity index (χ4n) is 2.91. The summed E-state index contributed by atoms with van der Waals surface area (Å²) in [7, 11) is 3.01. The fraction of sp³-hybridized carbons (Fsp3) is 0.556. The van der Waals surface area contributed by atoms with Gasteiger partial charge in [-0.05, 0) is 18.9 Å². The third-order valence-electron chi connectivity index (χ3n) is 4.30. The lowest BCUT2D eigenvalue weighted by molar-refractivity contribution is -0.407. The standard InChI is InChI=1S/C18H24N4O5S/c1-5-7-11-8-20-16-14(17(25)22(4)18(26)21(16)3)15(11)28-10-12(23)19-9-13(24)27-6-2/h8,14H,5-7,9-10H2,1-4H3/p+1. The van der Waals surface area contributed by atoms with Crippen LogP contribution in [0.4, 0.5) is 4.79 Å². The summed E-state index contributed by atoms with van der Waals surface area (Å²) in [6, 6.07) is -0.441. The van der Waals surface area contributed by atoms with Gasteiger partial charge in [-0.15, -0.1) is 16.8 Å². The summed E-state index contributed by atoms with van der Waals surface area (Å²) in [5.41, 5.74) is 0.879. The number of amidine groups is 1. The van der Waals surface area contributed by atoms with Gasteiger partial charge in [0, 0.05) is 4.91 Å². The predicted octanol–water partition coefficient (Wildman–Crippen LogP) is 0.787. The molecule has 0 aromatic carbocycles. The van der Waals surface area contributed by atoms with Crippen LogP contribution in [0.1, 0.15) is 26.7 Å². The summed E-state index contributed by atoms with van der Waals surface area (Å²) < 4.78 is 6.13. The SMILES string of the molecule is CCCC1=C(SCC(=O)NCC(=O)OCC)C2C(=O)N(C)C(=O)[N+](C)=C2N=C1. The molecule has 0 spiro atoms. The van der Waals surface area contributed by atoms with Crippen molar-refractivity contribution in [3.8, 4) is 0 Å². The Balaban J connectivity index is 2.19. The van der Waals surface area contributed by atoms with Crippen molar-refractivity contribution in [3.05, 3.63) is 10.5 Å². The van der Waals surface area contributed by atoms with Crippen LogP contribution in [0.25, 0.3) is 0 Å². The Kier molecular flexibility index (Phi) is 7.50. The number of hydrogen-bond acceptors (Lipinski definition) is 7. The number of allylic oxidation sites excluding steroid dienone is 1. The Morgan fingerprint density at radius 2 is 2.07 bits per heavy atom. The molecule has 9 nitrogen and oxygen atoms in total. The van der Waals surface area contributed by atoms with Crippen molar-refractivity contribution in [1.82, 2.24) is 10.2 Å². The molecular formula is C18H25N4O5S+. The van der Waals surface area contributed by atoms with Crippen molar-refractivity contribution in [2.24, 2.45) is 10.9 Å². The first-order valence-electron chi connectivity index (χ1n) is 9.06. The van der Waals surface area contributed by atoms with Crippen LogP contribution in [0.5, 0.6) is 0 Å². The Morgan fingerprint density at radius 3 is 2.71 bits per heavy atom. The summed E-state index contributed by atoms with van der Waals surface area (Å²) in [5, 5.41) is 2.50. The van der Waals surface area contributed by atoms with Crippen molar-refractivity contribution in [2.75, 3.05) is 33.0 Å². The van der Waals surface area contributed by atoms with E-state index in [1.165, 1.54) is 23.4 Å². The number of nitrogens with zero attached hydrogens (tertiary/aromatic N) is 3. The van der Waals surface area contributed by atoms with Crippen LogP contribution < -0.4 is 5.32 Å². The van der Waals surface area contributed by atoms with Crippen LogP contribution in [-0.2, 0) is 19.1 Å². The highest BCUT2D eigenvalue weighted by molar-refractivity contribution is 8.03. The van der Waals surface area contributed by atoms with Gasteiger partial charge in [0.05, 0.1) is 26.5 Å². The van der Waals surface area contributed by atoms with Gasteiger partial charge in [-0.1, -0.05) is 13.3 Å². The molecule has 0 aromatic heterocycles. The number of urea groups is 1. The number of dihydropyridines is 1. The number of fused-ring (bicyclic) bond motifs is 1. The van der Waals surface area contributed by atoms with Gasteiger partial charge in [0.25, 0.3) is 5.84 Å². The average molecular weight is 409 g/mol. The number of carbonyl (C=O) groups is 4.